The molecule has 2 aromatic rings. The standard InChI is InChI=1S/C14H13F2N3O2/c1-2-7-17-13(20)12-8-11(18-19-12)9-3-5-10(6-4-9)21-14(15)16/h2-6,8,14H,1,7H2,(H,17,20)(H,18,19). The van der Waals surface area contributed by atoms with Crippen LogP contribution in [0.5, 0.6) is 5.75 Å². The molecule has 1 heterocycles. The molecule has 7 heteroatoms. The highest BCUT2D eigenvalue weighted by molar-refractivity contribution is 5.93. The van der Waals surface area contributed by atoms with Crippen LogP contribution in [0.25, 0.3) is 11.3 Å². The van der Waals surface area contributed by atoms with Crippen molar-refractivity contribution in [3.05, 3.63) is 48.7 Å². The Morgan fingerprint density at radius 2 is 2.14 bits per heavy atom. The van der Waals surface area contributed by atoms with Gasteiger partial charge in [0.25, 0.3) is 5.91 Å². The number of aromatic amines is 1. The first kappa shape index (κ1) is 14.7. The molecule has 0 saturated carbocycles. The molecule has 0 bridgehead atoms. The highest BCUT2D eigenvalue weighted by Crippen LogP contribution is 2.22. The molecule has 0 aliphatic rings. The Balaban J connectivity index is 2.10. The molecule has 0 unspecified atom stereocenters. The van der Waals surface area contributed by atoms with Crippen molar-refractivity contribution in [1.29, 1.82) is 0 Å². The molecule has 0 fully saturated rings. The highest BCUT2D eigenvalue weighted by Gasteiger charge is 2.10. The van der Waals surface area contributed by atoms with Crippen LogP contribution in [0, 0.1) is 0 Å². The molecule has 1 aromatic heterocycles. The number of ether oxygens (including phenoxy) is 1. The predicted molar refractivity (Wildman–Crippen MR) is 73.2 cm³/mol. The molecule has 0 aliphatic carbocycles. The summed E-state index contributed by atoms with van der Waals surface area (Å²) in [5.74, 6) is -0.237. The van der Waals surface area contributed by atoms with Crippen molar-refractivity contribution >= 4 is 5.91 Å². The summed E-state index contributed by atoms with van der Waals surface area (Å²) in [4.78, 5) is 11.7. The average Bonchev–Trinajstić information content (AvgIpc) is 2.95. The molecule has 110 valence electrons. The van der Waals surface area contributed by atoms with Crippen molar-refractivity contribution in [2.45, 2.75) is 6.61 Å². The number of alkyl halides is 2. The second kappa shape index (κ2) is 6.65. The van der Waals surface area contributed by atoms with E-state index in [1.165, 1.54) is 12.1 Å². The number of hydrogen-bond donors (Lipinski definition) is 2. The van der Waals surface area contributed by atoms with Gasteiger partial charge in [-0.2, -0.15) is 13.9 Å². The van der Waals surface area contributed by atoms with Gasteiger partial charge in [0.05, 0.1) is 5.69 Å². The number of H-pyrrole nitrogens is 1. The lowest BCUT2D eigenvalue weighted by molar-refractivity contribution is -0.0498. The summed E-state index contributed by atoms with van der Waals surface area (Å²) < 4.78 is 28.4. The first-order valence-electron chi connectivity index (χ1n) is 6.10. The maximum absolute atomic E-state index is 12.0. The molecule has 0 atom stereocenters. The van der Waals surface area contributed by atoms with Crippen molar-refractivity contribution in [2.75, 3.05) is 6.54 Å². The summed E-state index contributed by atoms with van der Waals surface area (Å²) in [7, 11) is 0. The lowest BCUT2D eigenvalue weighted by Gasteiger charge is -2.04. The van der Waals surface area contributed by atoms with Gasteiger partial charge in [-0.25, -0.2) is 0 Å². The van der Waals surface area contributed by atoms with E-state index in [4.69, 9.17) is 0 Å². The van der Waals surface area contributed by atoms with E-state index >= 15 is 0 Å². The monoisotopic (exact) mass is 293 g/mol. The normalized spacial score (nSPS) is 10.4. The molecular formula is C14H13F2N3O2. The molecule has 2 rings (SSSR count). The number of carbonyl (C=O) groups excluding carboxylic acids is 1. The molecular weight excluding hydrogens is 280 g/mol. The fourth-order valence-corrected chi connectivity index (χ4v) is 1.65. The van der Waals surface area contributed by atoms with Crippen molar-refractivity contribution in [3.8, 4) is 17.0 Å². The number of carbonyl (C=O) groups is 1. The van der Waals surface area contributed by atoms with Gasteiger partial charge in [0.1, 0.15) is 11.4 Å². The number of halogens is 2. The van der Waals surface area contributed by atoms with Gasteiger partial charge in [-0.1, -0.05) is 6.08 Å². The van der Waals surface area contributed by atoms with Gasteiger partial charge in [0, 0.05) is 12.1 Å². The molecule has 1 aromatic carbocycles. The topological polar surface area (TPSA) is 67.0 Å². The lowest BCUT2D eigenvalue weighted by atomic mass is 10.1. The minimum absolute atomic E-state index is 0.0632. The van der Waals surface area contributed by atoms with E-state index < -0.39 is 6.61 Å². The van der Waals surface area contributed by atoms with Crippen molar-refractivity contribution in [2.24, 2.45) is 0 Å². The van der Waals surface area contributed by atoms with Gasteiger partial charge < -0.3 is 10.1 Å². The van der Waals surface area contributed by atoms with E-state index in [2.05, 4.69) is 26.8 Å². The number of hydrogen-bond acceptors (Lipinski definition) is 3. The number of rotatable bonds is 6. The van der Waals surface area contributed by atoms with Crippen LogP contribution in [-0.2, 0) is 0 Å². The van der Waals surface area contributed by atoms with E-state index in [1.54, 1.807) is 24.3 Å². The molecule has 5 nitrogen and oxygen atoms in total. The third-order valence-electron chi connectivity index (χ3n) is 2.60. The Morgan fingerprint density at radius 1 is 1.43 bits per heavy atom. The van der Waals surface area contributed by atoms with Crippen LogP contribution in [0.15, 0.2) is 43.0 Å². The second-order valence-corrected chi connectivity index (χ2v) is 4.07. The number of nitrogens with one attached hydrogen (secondary N) is 2. The quantitative estimate of drug-likeness (QED) is 0.804. The van der Waals surface area contributed by atoms with Crippen molar-refractivity contribution in [1.82, 2.24) is 15.5 Å². The Kier molecular flexibility index (Phi) is 4.65. The number of benzene rings is 1. The molecule has 0 radical (unpaired) electrons. The largest absolute Gasteiger partial charge is 0.435 e. The maximum atomic E-state index is 12.0. The van der Waals surface area contributed by atoms with Gasteiger partial charge in [-0.15, -0.1) is 6.58 Å². The second-order valence-electron chi connectivity index (χ2n) is 4.07. The SMILES string of the molecule is C=CCNC(=O)c1cc(-c2ccc(OC(F)F)cc2)n[nH]1. The molecule has 1 amide bonds. The number of amides is 1. The minimum atomic E-state index is -2.86. The Hall–Kier alpha value is -2.70. The smallest absolute Gasteiger partial charge is 0.387 e. The van der Waals surface area contributed by atoms with Crippen LogP contribution < -0.4 is 10.1 Å². The summed E-state index contributed by atoms with van der Waals surface area (Å²) in [5.41, 5.74) is 1.51. The van der Waals surface area contributed by atoms with Crippen molar-refractivity contribution in [3.63, 3.8) is 0 Å². The third-order valence-corrected chi connectivity index (χ3v) is 2.60. The van der Waals surface area contributed by atoms with Crippen LogP contribution in [0.3, 0.4) is 0 Å². The van der Waals surface area contributed by atoms with Crippen LogP contribution in [0.1, 0.15) is 10.5 Å². The Morgan fingerprint density at radius 3 is 2.76 bits per heavy atom. The van der Waals surface area contributed by atoms with Gasteiger partial charge in [0.2, 0.25) is 0 Å². The first-order valence-corrected chi connectivity index (χ1v) is 6.10. The minimum Gasteiger partial charge on any atom is -0.435 e. The molecule has 0 saturated heterocycles. The zero-order chi connectivity index (χ0) is 15.2. The Bertz CT molecular complexity index is 623. The van der Waals surface area contributed by atoms with Gasteiger partial charge >= 0.3 is 6.61 Å². The molecule has 2 N–H and O–H groups in total. The third kappa shape index (κ3) is 3.88. The van der Waals surface area contributed by atoms with Crippen LogP contribution >= 0.6 is 0 Å². The molecule has 0 aliphatic heterocycles. The van der Waals surface area contributed by atoms with Crippen LogP contribution in [-0.4, -0.2) is 29.3 Å². The van der Waals surface area contributed by atoms with Crippen LogP contribution in [0.4, 0.5) is 8.78 Å². The fourth-order valence-electron chi connectivity index (χ4n) is 1.65. The van der Waals surface area contributed by atoms with Crippen LogP contribution in [0.2, 0.25) is 0 Å². The first-order chi connectivity index (χ1) is 10.1. The zero-order valence-electron chi connectivity index (χ0n) is 11.0. The van der Waals surface area contributed by atoms with E-state index in [-0.39, 0.29) is 11.7 Å². The summed E-state index contributed by atoms with van der Waals surface area (Å²) in [6, 6.07) is 7.56. The van der Waals surface area contributed by atoms with E-state index in [9.17, 15) is 13.6 Å². The number of aromatic nitrogens is 2. The maximum Gasteiger partial charge on any atom is 0.387 e. The summed E-state index contributed by atoms with van der Waals surface area (Å²) in [6.07, 6.45) is 1.57. The van der Waals surface area contributed by atoms with Gasteiger partial charge in [-0.05, 0) is 30.3 Å². The van der Waals surface area contributed by atoms with E-state index in [1.807, 2.05) is 0 Å². The Labute approximate surface area is 119 Å². The summed E-state index contributed by atoms with van der Waals surface area (Å²) in [6.45, 7) is 0.996. The van der Waals surface area contributed by atoms with Crippen molar-refractivity contribution < 1.29 is 18.3 Å². The zero-order valence-corrected chi connectivity index (χ0v) is 11.0. The average molecular weight is 293 g/mol. The predicted octanol–water partition coefficient (Wildman–Crippen LogP) is 2.59. The van der Waals surface area contributed by atoms with E-state index in [0.717, 1.165) is 0 Å². The summed E-state index contributed by atoms with van der Waals surface area (Å²) >= 11 is 0. The molecule has 21 heavy (non-hydrogen) atoms. The number of nitrogens with zero attached hydrogens (tertiary/aromatic N) is 1. The fraction of sp³-hybridized carbons (Fsp3) is 0.143. The van der Waals surface area contributed by atoms with Gasteiger partial charge in [0.15, 0.2) is 0 Å². The molecule has 0 spiro atoms. The highest BCUT2D eigenvalue weighted by atomic mass is 19.3. The van der Waals surface area contributed by atoms with Gasteiger partial charge in [-0.3, -0.25) is 9.89 Å². The summed E-state index contributed by atoms with van der Waals surface area (Å²) in [5, 5.41) is 9.23. The van der Waals surface area contributed by atoms with E-state index in [0.29, 0.717) is 23.5 Å². The lowest BCUT2D eigenvalue weighted by Crippen LogP contribution is -2.23.